The van der Waals surface area contributed by atoms with E-state index in [1.165, 1.54) is 4.90 Å². The van der Waals surface area contributed by atoms with Gasteiger partial charge in [-0.25, -0.2) is 9.78 Å². The van der Waals surface area contributed by atoms with E-state index in [1.54, 1.807) is 37.9 Å². The molecule has 0 spiro atoms. The number of nitrogens with zero attached hydrogens (tertiary/aromatic N) is 3. The molecule has 7 heteroatoms. The van der Waals surface area contributed by atoms with Gasteiger partial charge in [-0.3, -0.25) is 9.69 Å². The summed E-state index contributed by atoms with van der Waals surface area (Å²) in [6, 6.07) is 1.73. The molecule has 1 fully saturated rings. The van der Waals surface area contributed by atoms with E-state index >= 15 is 0 Å². The number of rotatable bonds is 1. The second-order valence-electron chi connectivity index (χ2n) is 6.34. The third-order valence-corrected chi connectivity index (χ3v) is 3.27. The average Bonchev–Trinajstić information content (AvgIpc) is 2.37. The molecule has 1 aromatic heterocycles. The largest absolute Gasteiger partial charge is 0.444 e. The predicted molar refractivity (Wildman–Crippen MR) is 83.5 cm³/mol. The Labute approximate surface area is 130 Å². The Bertz CT molecular complexity index is 595. The van der Waals surface area contributed by atoms with Crippen LogP contribution >= 0.6 is 0 Å². The molecule has 1 saturated heterocycles. The van der Waals surface area contributed by atoms with Gasteiger partial charge in [0.25, 0.3) is 0 Å². The number of hydrogen-bond acceptors (Lipinski definition) is 5. The number of anilines is 2. The van der Waals surface area contributed by atoms with E-state index in [4.69, 9.17) is 10.5 Å². The van der Waals surface area contributed by atoms with E-state index in [9.17, 15) is 9.59 Å². The molecule has 2 amide bonds. The number of hydrogen-bond donors (Lipinski definition) is 1. The van der Waals surface area contributed by atoms with Crippen LogP contribution in [-0.2, 0) is 9.53 Å². The molecule has 0 unspecified atom stereocenters. The summed E-state index contributed by atoms with van der Waals surface area (Å²) < 4.78 is 5.29. The van der Waals surface area contributed by atoms with Gasteiger partial charge in [0.15, 0.2) is 0 Å². The molecule has 2 rings (SSSR count). The van der Waals surface area contributed by atoms with Gasteiger partial charge in [-0.05, 0) is 39.3 Å². The van der Waals surface area contributed by atoms with Crippen molar-refractivity contribution in [1.82, 2.24) is 9.88 Å². The second kappa shape index (κ2) is 5.82. The Balaban J connectivity index is 2.07. The fourth-order valence-electron chi connectivity index (χ4n) is 2.26. The summed E-state index contributed by atoms with van der Waals surface area (Å²) in [5, 5.41) is 0. The summed E-state index contributed by atoms with van der Waals surface area (Å²) in [5.74, 6) is 0.257. The third kappa shape index (κ3) is 3.66. The van der Waals surface area contributed by atoms with E-state index in [0.717, 1.165) is 11.3 Å². The van der Waals surface area contributed by atoms with E-state index < -0.39 is 11.7 Å². The normalized spacial score (nSPS) is 15.9. The van der Waals surface area contributed by atoms with Crippen molar-refractivity contribution in [2.24, 2.45) is 0 Å². The van der Waals surface area contributed by atoms with Crippen molar-refractivity contribution in [3.63, 3.8) is 0 Å². The first-order valence-electron chi connectivity index (χ1n) is 7.18. The average molecular weight is 306 g/mol. The summed E-state index contributed by atoms with van der Waals surface area (Å²) in [6.45, 7) is 8.10. The lowest BCUT2D eigenvalue weighted by Gasteiger charge is -2.35. The summed E-state index contributed by atoms with van der Waals surface area (Å²) >= 11 is 0. The Morgan fingerprint density at radius 3 is 2.59 bits per heavy atom. The molecule has 22 heavy (non-hydrogen) atoms. The maximum Gasteiger partial charge on any atom is 0.410 e. The van der Waals surface area contributed by atoms with Crippen LogP contribution in [0.15, 0.2) is 12.3 Å². The highest BCUT2D eigenvalue weighted by atomic mass is 16.6. The van der Waals surface area contributed by atoms with Crippen LogP contribution in [0.25, 0.3) is 0 Å². The molecule has 0 atom stereocenters. The minimum absolute atomic E-state index is 0.00126. The zero-order valence-electron chi connectivity index (χ0n) is 13.4. The zero-order chi connectivity index (χ0) is 16.5. The van der Waals surface area contributed by atoms with Crippen molar-refractivity contribution in [1.29, 1.82) is 0 Å². The lowest BCUT2D eigenvalue weighted by molar-refractivity contribution is -0.121. The Hall–Kier alpha value is -2.31. The number of amides is 2. The number of aryl methyl sites for hydroxylation is 1. The van der Waals surface area contributed by atoms with Crippen molar-refractivity contribution in [2.45, 2.75) is 33.3 Å². The van der Waals surface area contributed by atoms with Gasteiger partial charge < -0.3 is 15.4 Å². The van der Waals surface area contributed by atoms with Crippen LogP contribution in [0.1, 0.15) is 26.3 Å². The highest BCUT2D eigenvalue weighted by molar-refractivity contribution is 5.97. The van der Waals surface area contributed by atoms with Crippen molar-refractivity contribution in [3.05, 3.63) is 17.8 Å². The van der Waals surface area contributed by atoms with Crippen LogP contribution in [0.4, 0.5) is 16.3 Å². The van der Waals surface area contributed by atoms with Gasteiger partial charge in [0.2, 0.25) is 5.91 Å². The standard InChI is InChI=1S/C15H22N4O3/c1-10-7-12(16)17-8-11(10)19-6-5-18(9-13(19)20)14(21)22-15(2,3)4/h7-8H,5-6,9H2,1-4H3,(H2,16,17). The maximum atomic E-state index is 12.3. The van der Waals surface area contributed by atoms with E-state index in [-0.39, 0.29) is 12.5 Å². The molecular weight excluding hydrogens is 284 g/mol. The monoisotopic (exact) mass is 306 g/mol. The zero-order valence-corrected chi connectivity index (χ0v) is 13.4. The molecule has 1 aromatic rings. The number of aromatic nitrogens is 1. The van der Waals surface area contributed by atoms with Gasteiger partial charge in [0.05, 0.1) is 11.9 Å². The van der Waals surface area contributed by atoms with Crippen LogP contribution < -0.4 is 10.6 Å². The lowest BCUT2D eigenvalue weighted by Crippen LogP contribution is -2.53. The number of carbonyl (C=O) groups excluding carboxylic acids is 2. The minimum atomic E-state index is -0.575. The first-order valence-corrected chi connectivity index (χ1v) is 7.18. The molecule has 1 aliphatic heterocycles. The van der Waals surface area contributed by atoms with Gasteiger partial charge >= 0.3 is 6.09 Å². The summed E-state index contributed by atoms with van der Waals surface area (Å²) in [4.78, 5) is 31.4. The van der Waals surface area contributed by atoms with Crippen molar-refractivity contribution in [3.8, 4) is 0 Å². The van der Waals surface area contributed by atoms with Crippen LogP contribution in [0, 0.1) is 6.92 Å². The molecule has 0 aromatic carbocycles. The molecule has 120 valence electrons. The number of ether oxygens (including phenoxy) is 1. The third-order valence-electron chi connectivity index (χ3n) is 3.27. The Morgan fingerprint density at radius 1 is 1.36 bits per heavy atom. The number of carbonyl (C=O) groups is 2. The Kier molecular flexibility index (Phi) is 4.25. The quantitative estimate of drug-likeness (QED) is 0.850. The summed E-state index contributed by atoms with van der Waals surface area (Å²) in [5.41, 5.74) is 6.66. The summed E-state index contributed by atoms with van der Waals surface area (Å²) in [7, 11) is 0. The SMILES string of the molecule is Cc1cc(N)ncc1N1CCN(C(=O)OC(C)(C)C)CC1=O. The molecule has 0 bridgehead atoms. The Morgan fingerprint density at radius 2 is 2.05 bits per heavy atom. The highest BCUT2D eigenvalue weighted by Gasteiger charge is 2.31. The van der Waals surface area contributed by atoms with Gasteiger partial charge in [-0.1, -0.05) is 0 Å². The predicted octanol–water partition coefficient (Wildman–Crippen LogP) is 1.56. The van der Waals surface area contributed by atoms with Crippen LogP contribution in [-0.4, -0.2) is 47.1 Å². The number of pyridine rings is 1. The minimum Gasteiger partial charge on any atom is -0.444 e. The van der Waals surface area contributed by atoms with Gasteiger partial charge in [0, 0.05) is 13.1 Å². The number of nitrogen functional groups attached to an aromatic ring is 1. The van der Waals surface area contributed by atoms with Gasteiger partial charge in [-0.15, -0.1) is 0 Å². The molecule has 1 aliphatic rings. The number of piperazine rings is 1. The summed E-state index contributed by atoms with van der Waals surface area (Å²) in [6.07, 6.45) is 1.12. The van der Waals surface area contributed by atoms with Crippen molar-refractivity contribution >= 4 is 23.5 Å². The van der Waals surface area contributed by atoms with Crippen molar-refractivity contribution < 1.29 is 14.3 Å². The second-order valence-corrected chi connectivity index (χ2v) is 6.34. The van der Waals surface area contributed by atoms with Crippen molar-refractivity contribution in [2.75, 3.05) is 30.3 Å². The molecule has 0 saturated carbocycles. The van der Waals surface area contributed by atoms with Gasteiger partial charge in [-0.2, -0.15) is 0 Å². The molecule has 0 aliphatic carbocycles. The van der Waals surface area contributed by atoms with E-state index in [0.29, 0.717) is 18.9 Å². The molecule has 7 nitrogen and oxygen atoms in total. The van der Waals surface area contributed by atoms with E-state index in [2.05, 4.69) is 4.98 Å². The maximum absolute atomic E-state index is 12.3. The molecular formula is C15H22N4O3. The molecule has 0 radical (unpaired) electrons. The van der Waals surface area contributed by atoms with Crippen LogP contribution in [0.3, 0.4) is 0 Å². The van der Waals surface area contributed by atoms with Crippen LogP contribution in [0.5, 0.6) is 0 Å². The molecule has 2 heterocycles. The number of nitrogens with two attached hydrogens (primary N) is 1. The molecule has 2 N–H and O–H groups in total. The first-order chi connectivity index (χ1) is 10.2. The smallest absolute Gasteiger partial charge is 0.410 e. The van der Waals surface area contributed by atoms with Gasteiger partial charge in [0.1, 0.15) is 18.0 Å². The topological polar surface area (TPSA) is 88.8 Å². The highest BCUT2D eigenvalue weighted by Crippen LogP contribution is 2.23. The fraction of sp³-hybridized carbons (Fsp3) is 0.533. The lowest BCUT2D eigenvalue weighted by atomic mass is 10.2. The first kappa shape index (κ1) is 16.1. The fourth-order valence-corrected chi connectivity index (χ4v) is 2.26. The van der Waals surface area contributed by atoms with E-state index in [1.807, 2.05) is 6.92 Å². The van der Waals surface area contributed by atoms with Crippen LogP contribution in [0.2, 0.25) is 0 Å².